The summed E-state index contributed by atoms with van der Waals surface area (Å²) in [5.41, 5.74) is 0.869. The summed E-state index contributed by atoms with van der Waals surface area (Å²) in [5, 5.41) is 8.17. The molecule has 114 valence electrons. The minimum Gasteiger partial charge on any atom is -0.497 e. The minimum atomic E-state index is 0.504. The van der Waals surface area contributed by atoms with Gasteiger partial charge in [0.05, 0.1) is 26.5 Å². The molecule has 3 rings (SSSR count). The van der Waals surface area contributed by atoms with Crippen molar-refractivity contribution in [3.8, 4) is 17.2 Å². The highest BCUT2D eigenvalue weighted by Crippen LogP contribution is 2.21. The first-order valence-corrected chi connectivity index (χ1v) is 6.92. The van der Waals surface area contributed by atoms with Crippen molar-refractivity contribution < 1.29 is 13.6 Å². The van der Waals surface area contributed by atoms with Crippen LogP contribution in [0.4, 0.5) is 0 Å². The number of nitrogens with zero attached hydrogens (tertiary/aromatic N) is 3. The maximum absolute atomic E-state index is 5.70. The van der Waals surface area contributed by atoms with Crippen molar-refractivity contribution in [2.75, 3.05) is 14.2 Å². The van der Waals surface area contributed by atoms with Crippen LogP contribution in [0.5, 0.6) is 5.75 Å². The zero-order valence-corrected chi connectivity index (χ0v) is 12.5. The Labute approximate surface area is 128 Å². The predicted octanol–water partition coefficient (Wildman–Crippen LogP) is 2.97. The van der Waals surface area contributed by atoms with Crippen LogP contribution in [0.15, 0.2) is 51.5 Å². The molecule has 2 aromatic heterocycles. The minimum absolute atomic E-state index is 0.504. The first-order valence-electron chi connectivity index (χ1n) is 6.92. The van der Waals surface area contributed by atoms with Gasteiger partial charge in [0.25, 0.3) is 0 Å². The van der Waals surface area contributed by atoms with Crippen LogP contribution in [0, 0.1) is 0 Å². The predicted molar refractivity (Wildman–Crippen MR) is 80.2 cm³/mol. The average Bonchev–Trinajstić information content (AvgIpc) is 3.19. The molecule has 1 aromatic carbocycles. The molecule has 0 aliphatic rings. The Balaban J connectivity index is 1.65. The van der Waals surface area contributed by atoms with E-state index >= 15 is 0 Å². The summed E-state index contributed by atoms with van der Waals surface area (Å²) in [6, 6.07) is 11.3. The normalized spacial score (nSPS) is 11.0. The molecule has 0 aliphatic carbocycles. The van der Waals surface area contributed by atoms with Crippen molar-refractivity contribution in [2.24, 2.45) is 0 Å². The summed E-state index contributed by atoms with van der Waals surface area (Å²) >= 11 is 0. The Morgan fingerprint density at radius 2 is 1.91 bits per heavy atom. The van der Waals surface area contributed by atoms with E-state index in [1.165, 1.54) is 0 Å². The summed E-state index contributed by atoms with van der Waals surface area (Å²) < 4.78 is 16.1. The van der Waals surface area contributed by atoms with Gasteiger partial charge in [-0.25, -0.2) is 0 Å². The lowest BCUT2D eigenvalue weighted by atomic mass is 10.2. The number of hydrogen-bond donors (Lipinski definition) is 0. The number of rotatable bonds is 6. The third kappa shape index (κ3) is 3.35. The lowest BCUT2D eigenvalue weighted by molar-refractivity contribution is 0.260. The molecule has 0 amide bonds. The fourth-order valence-electron chi connectivity index (χ4n) is 2.12. The Morgan fingerprint density at radius 1 is 1.09 bits per heavy atom. The third-order valence-corrected chi connectivity index (χ3v) is 3.21. The fourth-order valence-corrected chi connectivity index (χ4v) is 2.12. The van der Waals surface area contributed by atoms with Crippen molar-refractivity contribution in [3.05, 3.63) is 54.3 Å². The SMILES string of the molecule is COc1ccc(-c2nnc(CN(C)Cc3ccco3)o2)cc1. The Bertz CT molecular complexity index is 705. The second-order valence-corrected chi connectivity index (χ2v) is 4.98. The largest absolute Gasteiger partial charge is 0.497 e. The zero-order valence-electron chi connectivity index (χ0n) is 12.5. The lowest BCUT2D eigenvalue weighted by Crippen LogP contribution is -2.17. The highest BCUT2D eigenvalue weighted by Gasteiger charge is 2.11. The Morgan fingerprint density at radius 3 is 2.59 bits per heavy atom. The number of aromatic nitrogens is 2. The highest BCUT2D eigenvalue weighted by atomic mass is 16.5. The van der Waals surface area contributed by atoms with Gasteiger partial charge in [0.15, 0.2) is 0 Å². The zero-order chi connectivity index (χ0) is 15.4. The van der Waals surface area contributed by atoms with E-state index in [0.29, 0.717) is 24.9 Å². The molecule has 0 atom stereocenters. The molecule has 0 radical (unpaired) electrons. The van der Waals surface area contributed by atoms with E-state index < -0.39 is 0 Å². The van der Waals surface area contributed by atoms with E-state index in [4.69, 9.17) is 13.6 Å². The summed E-state index contributed by atoms with van der Waals surface area (Å²) in [6.45, 7) is 1.25. The van der Waals surface area contributed by atoms with E-state index in [2.05, 4.69) is 10.2 Å². The van der Waals surface area contributed by atoms with Gasteiger partial charge in [-0.1, -0.05) is 0 Å². The first kappa shape index (κ1) is 14.3. The van der Waals surface area contributed by atoms with Crippen molar-refractivity contribution in [1.29, 1.82) is 0 Å². The van der Waals surface area contributed by atoms with Crippen LogP contribution in [0.3, 0.4) is 0 Å². The van der Waals surface area contributed by atoms with Gasteiger partial charge in [0.1, 0.15) is 11.5 Å². The molecule has 0 fully saturated rings. The molecule has 0 aliphatic heterocycles. The number of ether oxygens (including phenoxy) is 1. The number of benzene rings is 1. The molecule has 0 spiro atoms. The van der Waals surface area contributed by atoms with E-state index in [0.717, 1.165) is 17.1 Å². The van der Waals surface area contributed by atoms with Gasteiger partial charge in [0.2, 0.25) is 11.8 Å². The Kier molecular flexibility index (Phi) is 4.20. The maximum Gasteiger partial charge on any atom is 0.247 e. The van der Waals surface area contributed by atoms with Gasteiger partial charge < -0.3 is 13.6 Å². The van der Waals surface area contributed by atoms with Crippen LogP contribution in [-0.4, -0.2) is 29.3 Å². The van der Waals surface area contributed by atoms with Gasteiger partial charge in [-0.05, 0) is 43.4 Å². The molecular formula is C16H17N3O3. The first-order chi connectivity index (χ1) is 10.7. The number of hydrogen-bond acceptors (Lipinski definition) is 6. The third-order valence-electron chi connectivity index (χ3n) is 3.21. The van der Waals surface area contributed by atoms with Crippen LogP contribution in [-0.2, 0) is 13.1 Å². The van der Waals surface area contributed by atoms with Crippen molar-refractivity contribution >= 4 is 0 Å². The van der Waals surface area contributed by atoms with E-state index in [-0.39, 0.29) is 0 Å². The van der Waals surface area contributed by atoms with E-state index in [1.54, 1.807) is 13.4 Å². The topological polar surface area (TPSA) is 64.5 Å². The summed E-state index contributed by atoms with van der Waals surface area (Å²) in [7, 11) is 3.61. The maximum atomic E-state index is 5.70. The second kappa shape index (κ2) is 6.44. The van der Waals surface area contributed by atoms with E-state index in [1.807, 2.05) is 48.3 Å². The van der Waals surface area contributed by atoms with Crippen LogP contribution in [0.1, 0.15) is 11.7 Å². The quantitative estimate of drug-likeness (QED) is 0.697. The molecule has 0 unspecified atom stereocenters. The number of furan rings is 1. The Hall–Kier alpha value is -2.60. The molecule has 0 saturated carbocycles. The summed E-state index contributed by atoms with van der Waals surface area (Å²) in [5.74, 6) is 2.77. The fraction of sp³-hybridized carbons (Fsp3) is 0.250. The number of methoxy groups -OCH3 is 1. The van der Waals surface area contributed by atoms with Gasteiger partial charge in [-0.15, -0.1) is 10.2 Å². The van der Waals surface area contributed by atoms with Crippen molar-refractivity contribution in [3.63, 3.8) is 0 Å². The lowest BCUT2D eigenvalue weighted by Gasteiger charge is -2.11. The van der Waals surface area contributed by atoms with Crippen LogP contribution in [0.25, 0.3) is 11.5 Å². The second-order valence-electron chi connectivity index (χ2n) is 4.98. The van der Waals surface area contributed by atoms with Gasteiger partial charge in [-0.3, -0.25) is 4.90 Å². The molecule has 6 heteroatoms. The molecule has 0 saturated heterocycles. The molecule has 0 N–H and O–H groups in total. The van der Waals surface area contributed by atoms with Crippen LogP contribution in [0.2, 0.25) is 0 Å². The molecule has 2 heterocycles. The van der Waals surface area contributed by atoms with Gasteiger partial charge >= 0.3 is 0 Å². The molecule has 0 bridgehead atoms. The van der Waals surface area contributed by atoms with Crippen LogP contribution >= 0.6 is 0 Å². The molecule has 3 aromatic rings. The molecular weight excluding hydrogens is 282 g/mol. The summed E-state index contributed by atoms with van der Waals surface area (Å²) in [4.78, 5) is 2.05. The standard InChI is InChI=1S/C16H17N3O3/c1-19(10-14-4-3-9-21-14)11-15-17-18-16(22-15)12-5-7-13(20-2)8-6-12/h3-9H,10-11H2,1-2H3. The van der Waals surface area contributed by atoms with Gasteiger partial charge in [-0.2, -0.15) is 0 Å². The molecule has 22 heavy (non-hydrogen) atoms. The van der Waals surface area contributed by atoms with Crippen LogP contribution < -0.4 is 4.74 Å². The average molecular weight is 299 g/mol. The van der Waals surface area contributed by atoms with Gasteiger partial charge in [0, 0.05) is 5.56 Å². The smallest absolute Gasteiger partial charge is 0.247 e. The van der Waals surface area contributed by atoms with Crippen molar-refractivity contribution in [1.82, 2.24) is 15.1 Å². The van der Waals surface area contributed by atoms with Crippen molar-refractivity contribution in [2.45, 2.75) is 13.1 Å². The monoisotopic (exact) mass is 299 g/mol. The highest BCUT2D eigenvalue weighted by molar-refractivity contribution is 5.53. The molecule has 6 nitrogen and oxygen atoms in total. The summed E-state index contributed by atoms with van der Waals surface area (Å²) in [6.07, 6.45) is 1.66. The van der Waals surface area contributed by atoms with E-state index in [9.17, 15) is 0 Å².